The number of amides is 1. The van der Waals surface area contributed by atoms with Crippen LogP contribution in [-0.4, -0.2) is 107 Å². The van der Waals surface area contributed by atoms with E-state index < -0.39 is 20.0 Å². The van der Waals surface area contributed by atoms with E-state index in [0.29, 0.717) is 50.7 Å². The summed E-state index contributed by atoms with van der Waals surface area (Å²) >= 11 is 0. The SMILES string of the molecule is Cc1cc(N2CC[C@@H](O)C2)nc(N2CCN(S(=O)(=O)c3ccc4c(c3)CCN4C(=O)c3ccccc3N(C)S(C)(=O)=O)CC2)n1. The molecule has 3 aromatic rings. The maximum Gasteiger partial charge on any atom is 0.260 e. The van der Waals surface area contributed by atoms with E-state index in [1.54, 1.807) is 41.3 Å². The number of hydrogen-bond acceptors (Lipinski definition) is 10. The Labute approximate surface area is 263 Å². The lowest BCUT2D eigenvalue weighted by atomic mass is 10.1. The Morgan fingerprint density at radius 1 is 0.933 bits per heavy atom. The molecule has 0 bridgehead atoms. The van der Waals surface area contributed by atoms with Gasteiger partial charge in [0.1, 0.15) is 5.82 Å². The van der Waals surface area contributed by atoms with Crippen LogP contribution >= 0.6 is 0 Å². The van der Waals surface area contributed by atoms with Gasteiger partial charge in [-0.05, 0) is 55.7 Å². The lowest BCUT2D eigenvalue weighted by molar-refractivity contribution is 0.0990. The molecule has 0 radical (unpaired) electrons. The average molecular weight is 656 g/mol. The number of hydrogen-bond donors (Lipinski definition) is 1. The summed E-state index contributed by atoms with van der Waals surface area (Å²) in [5.74, 6) is 0.963. The van der Waals surface area contributed by atoms with Gasteiger partial charge in [-0.1, -0.05) is 12.1 Å². The summed E-state index contributed by atoms with van der Waals surface area (Å²) in [7, 11) is -5.98. The van der Waals surface area contributed by atoms with Crippen LogP contribution in [0.4, 0.5) is 23.1 Å². The van der Waals surface area contributed by atoms with E-state index in [1.165, 1.54) is 17.4 Å². The summed E-state index contributed by atoms with van der Waals surface area (Å²) in [5.41, 5.74) is 2.68. The number of fused-ring (bicyclic) bond motifs is 1. The first-order chi connectivity index (χ1) is 21.3. The summed E-state index contributed by atoms with van der Waals surface area (Å²) in [5, 5.41) is 9.94. The van der Waals surface area contributed by atoms with Gasteiger partial charge in [-0.25, -0.2) is 21.8 Å². The van der Waals surface area contributed by atoms with Gasteiger partial charge in [0.15, 0.2) is 0 Å². The molecule has 240 valence electrons. The van der Waals surface area contributed by atoms with Crippen molar-refractivity contribution in [2.24, 2.45) is 0 Å². The first-order valence-electron chi connectivity index (χ1n) is 14.8. The van der Waals surface area contributed by atoms with Gasteiger partial charge in [-0.15, -0.1) is 0 Å². The number of aryl methyl sites for hydroxylation is 1. The molecule has 4 heterocycles. The highest BCUT2D eigenvalue weighted by Crippen LogP contribution is 2.34. The largest absolute Gasteiger partial charge is 0.391 e. The highest BCUT2D eigenvalue weighted by Gasteiger charge is 2.33. The zero-order valence-corrected chi connectivity index (χ0v) is 27.1. The van der Waals surface area contributed by atoms with Gasteiger partial charge in [-0.2, -0.15) is 9.29 Å². The number of aromatic nitrogens is 2. The van der Waals surface area contributed by atoms with Crippen molar-refractivity contribution in [3.05, 3.63) is 65.4 Å². The number of rotatable bonds is 7. The van der Waals surface area contributed by atoms with Crippen molar-refractivity contribution in [2.75, 3.05) is 78.1 Å². The molecule has 2 fully saturated rings. The topological polar surface area (TPSA) is 148 Å². The minimum atomic E-state index is -3.80. The normalized spacial score (nSPS) is 19.2. The third-order valence-corrected chi connectivity index (χ3v) is 11.7. The molecule has 6 rings (SSSR count). The summed E-state index contributed by atoms with van der Waals surface area (Å²) in [4.78, 5) is 28.7. The monoisotopic (exact) mass is 655 g/mol. The second-order valence-electron chi connectivity index (χ2n) is 11.7. The number of para-hydroxylation sites is 1. The number of anilines is 4. The fourth-order valence-electron chi connectivity index (χ4n) is 6.07. The summed E-state index contributed by atoms with van der Waals surface area (Å²) < 4.78 is 54.3. The van der Waals surface area contributed by atoms with E-state index in [-0.39, 0.29) is 41.2 Å². The van der Waals surface area contributed by atoms with E-state index in [9.17, 15) is 26.7 Å². The number of carbonyl (C=O) groups is 1. The van der Waals surface area contributed by atoms with Gasteiger partial charge in [0, 0.05) is 70.3 Å². The van der Waals surface area contributed by atoms with Crippen molar-refractivity contribution >= 4 is 49.1 Å². The molecule has 0 unspecified atom stereocenters. The Bertz CT molecular complexity index is 1840. The quantitative estimate of drug-likeness (QED) is 0.397. The van der Waals surface area contributed by atoms with Crippen molar-refractivity contribution in [1.29, 1.82) is 0 Å². The van der Waals surface area contributed by atoms with Crippen LogP contribution < -0.4 is 19.0 Å². The summed E-state index contributed by atoms with van der Waals surface area (Å²) in [6, 6.07) is 13.3. The maximum absolute atomic E-state index is 13.7. The van der Waals surface area contributed by atoms with Gasteiger partial charge in [0.05, 0.1) is 28.5 Å². The number of β-amino-alcohol motifs (C(OH)–C–C–N with tert-alkyl or cyclic N) is 1. The van der Waals surface area contributed by atoms with Crippen LogP contribution in [0.3, 0.4) is 0 Å². The van der Waals surface area contributed by atoms with Crippen LogP contribution in [0.2, 0.25) is 0 Å². The van der Waals surface area contributed by atoms with Gasteiger partial charge >= 0.3 is 0 Å². The summed E-state index contributed by atoms with van der Waals surface area (Å²) in [6.07, 6.45) is 1.88. The number of carbonyl (C=O) groups excluding carboxylic acids is 1. The molecule has 13 nitrogen and oxygen atoms in total. The van der Waals surface area contributed by atoms with Crippen LogP contribution in [0.1, 0.15) is 28.0 Å². The van der Waals surface area contributed by atoms with Gasteiger partial charge < -0.3 is 19.8 Å². The minimum absolute atomic E-state index is 0.169. The molecule has 45 heavy (non-hydrogen) atoms. The maximum atomic E-state index is 13.7. The molecule has 0 aliphatic carbocycles. The lowest BCUT2D eigenvalue weighted by Crippen LogP contribution is -2.49. The smallest absolute Gasteiger partial charge is 0.260 e. The molecule has 2 saturated heterocycles. The average Bonchev–Trinajstić information content (AvgIpc) is 3.65. The van der Waals surface area contributed by atoms with Crippen molar-refractivity contribution < 1.29 is 26.7 Å². The first-order valence-corrected chi connectivity index (χ1v) is 18.1. The predicted molar refractivity (Wildman–Crippen MR) is 172 cm³/mol. The highest BCUT2D eigenvalue weighted by molar-refractivity contribution is 7.92. The second-order valence-corrected chi connectivity index (χ2v) is 15.6. The van der Waals surface area contributed by atoms with Gasteiger partial charge in [0.25, 0.3) is 5.91 Å². The number of nitrogens with zero attached hydrogens (tertiary/aromatic N) is 7. The zero-order chi connectivity index (χ0) is 32.1. The first kappa shape index (κ1) is 31.2. The third kappa shape index (κ3) is 6.09. The molecule has 15 heteroatoms. The number of aliphatic hydroxyl groups excluding tert-OH is 1. The lowest BCUT2D eigenvalue weighted by Gasteiger charge is -2.34. The van der Waals surface area contributed by atoms with E-state index in [0.717, 1.165) is 34.2 Å². The fourth-order valence-corrected chi connectivity index (χ4v) is 8.06. The van der Waals surface area contributed by atoms with Crippen LogP contribution in [0.25, 0.3) is 0 Å². The molecule has 1 N–H and O–H groups in total. The minimum Gasteiger partial charge on any atom is -0.391 e. The predicted octanol–water partition coefficient (Wildman–Crippen LogP) is 1.47. The van der Waals surface area contributed by atoms with Crippen molar-refractivity contribution in [3.8, 4) is 0 Å². The van der Waals surface area contributed by atoms with E-state index in [1.807, 2.05) is 22.8 Å². The molecule has 2 aromatic carbocycles. The van der Waals surface area contributed by atoms with E-state index in [2.05, 4.69) is 4.98 Å². The molecule has 1 atom stereocenters. The number of sulfonamides is 2. The zero-order valence-electron chi connectivity index (χ0n) is 25.5. The molecule has 1 aromatic heterocycles. The fraction of sp³-hybridized carbons (Fsp3) is 0.433. The Kier molecular flexibility index (Phi) is 8.22. The Morgan fingerprint density at radius 3 is 2.36 bits per heavy atom. The molecular formula is C30H37N7O6S2. The molecule has 3 aliphatic rings. The van der Waals surface area contributed by atoms with Gasteiger partial charge in [-0.3, -0.25) is 9.10 Å². The third-order valence-electron chi connectivity index (χ3n) is 8.64. The van der Waals surface area contributed by atoms with Crippen molar-refractivity contribution in [3.63, 3.8) is 0 Å². The Balaban J connectivity index is 1.16. The molecule has 1 amide bonds. The molecule has 0 spiro atoms. The van der Waals surface area contributed by atoms with Crippen molar-refractivity contribution in [2.45, 2.75) is 30.8 Å². The van der Waals surface area contributed by atoms with Crippen molar-refractivity contribution in [1.82, 2.24) is 14.3 Å². The van der Waals surface area contributed by atoms with Crippen LogP contribution in [0.15, 0.2) is 53.4 Å². The number of aliphatic hydroxyl groups is 1. The van der Waals surface area contributed by atoms with E-state index >= 15 is 0 Å². The Hall–Kier alpha value is -3.79. The van der Waals surface area contributed by atoms with Gasteiger partial charge in [0.2, 0.25) is 26.0 Å². The number of piperazine rings is 1. The second kappa shape index (κ2) is 11.9. The van der Waals surface area contributed by atoms with E-state index in [4.69, 9.17) is 4.98 Å². The summed E-state index contributed by atoms with van der Waals surface area (Å²) in [6.45, 7) is 4.90. The standard InChI is InChI=1S/C30H37N7O6S2/c1-21-18-28(35-12-11-23(38)20-35)32-30(31-21)34-14-16-36(17-15-34)45(42,43)24-8-9-26-22(19-24)10-13-37(26)29(39)25-6-4-5-7-27(25)33(2)44(3,40)41/h4-9,18-19,23,38H,10-17,20H2,1-3H3/t23-/m1/s1. The van der Waals surface area contributed by atoms with Crippen LogP contribution in [0.5, 0.6) is 0 Å². The Morgan fingerprint density at radius 2 is 1.67 bits per heavy atom. The van der Waals surface area contributed by atoms with Crippen LogP contribution in [-0.2, 0) is 26.5 Å². The molecule has 3 aliphatic heterocycles. The van der Waals surface area contributed by atoms with Crippen LogP contribution in [0, 0.1) is 6.92 Å². The number of benzene rings is 2. The molecule has 0 saturated carbocycles. The highest BCUT2D eigenvalue weighted by atomic mass is 32.2. The molecular weight excluding hydrogens is 619 g/mol.